The van der Waals surface area contributed by atoms with Gasteiger partial charge in [0.25, 0.3) is 0 Å². The minimum atomic E-state index is -0.310. The number of rotatable bonds is 2. The molecular formula is C8H8ClN3. The number of hydrogen-bond donors (Lipinski definition) is 2. The van der Waals surface area contributed by atoms with Gasteiger partial charge in [-0.1, -0.05) is 23.6 Å². The number of aromatic nitrogens is 1. The number of hydrazine groups is 1. The standard InChI is InChI=1S/C8H8ClN3/c1-2-7(12-10)6-3-4-8(9)11-5-6/h1,3-5,7,12H,10H2. The molecule has 0 aliphatic rings. The van der Waals surface area contributed by atoms with Gasteiger partial charge in [0.05, 0.1) is 0 Å². The van der Waals surface area contributed by atoms with Gasteiger partial charge in [-0.15, -0.1) is 6.42 Å². The Balaban J connectivity index is 2.89. The van der Waals surface area contributed by atoms with Crippen LogP contribution in [0.3, 0.4) is 0 Å². The van der Waals surface area contributed by atoms with Crippen LogP contribution in [0.1, 0.15) is 11.6 Å². The second kappa shape index (κ2) is 4.07. The van der Waals surface area contributed by atoms with E-state index in [1.807, 2.05) is 0 Å². The quantitative estimate of drug-likeness (QED) is 0.308. The summed E-state index contributed by atoms with van der Waals surface area (Å²) < 4.78 is 0. The molecule has 0 aliphatic carbocycles. The Bertz CT molecular complexity index is 288. The minimum Gasteiger partial charge on any atom is -0.270 e. The highest BCUT2D eigenvalue weighted by atomic mass is 35.5. The Kier molecular flexibility index (Phi) is 3.06. The predicted molar refractivity (Wildman–Crippen MR) is 48.1 cm³/mol. The topological polar surface area (TPSA) is 50.9 Å². The van der Waals surface area contributed by atoms with Crippen LogP contribution in [-0.2, 0) is 0 Å². The number of halogens is 1. The van der Waals surface area contributed by atoms with Crippen LogP contribution in [0, 0.1) is 12.3 Å². The van der Waals surface area contributed by atoms with E-state index in [1.165, 1.54) is 0 Å². The van der Waals surface area contributed by atoms with Crippen LogP contribution in [0.25, 0.3) is 0 Å². The summed E-state index contributed by atoms with van der Waals surface area (Å²) in [7, 11) is 0. The molecule has 0 amide bonds. The molecule has 1 aromatic heterocycles. The highest BCUT2D eigenvalue weighted by Gasteiger charge is 2.04. The van der Waals surface area contributed by atoms with Gasteiger partial charge in [-0.3, -0.25) is 5.84 Å². The van der Waals surface area contributed by atoms with Crippen LogP contribution < -0.4 is 11.3 Å². The lowest BCUT2D eigenvalue weighted by Crippen LogP contribution is -2.26. The van der Waals surface area contributed by atoms with Gasteiger partial charge in [-0.2, -0.15) is 0 Å². The van der Waals surface area contributed by atoms with Crippen molar-refractivity contribution in [1.29, 1.82) is 0 Å². The Labute approximate surface area is 75.9 Å². The number of pyridine rings is 1. The summed E-state index contributed by atoms with van der Waals surface area (Å²) in [4.78, 5) is 3.87. The fourth-order valence-electron chi connectivity index (χ4n) is 0.799. The van der Waals surface area contributed by atoms with E-state index in [-0.39, 0.29) is 6.04 Å². The zero-order valence-corrected chi connectivity index (χ0v) is 7.05. The highest BCUT2D eigenvalue weighted by molar-refractivity contribution is 6.29. The molecule has 0 aromatic carbocycles. The maximum Gasteiger partial charge on any atom is 0.129 e. The molecule has 1 rings (SSSR count). The lowest BCUT2D eigenvalue weighted by atomic mass is 10.1. The molecule has 0 fully saturated rings. The van der Waals surface area contributed by atoms with Gasteiger partial charge < -0.3 is 0 Å². The molecular weight excluding hydrogens is 174 g/mol. The SMILES string of the molecule is C#CC(NN)c1ccc(Cl)nc1. The molecule has 1 atom stereocenters. The van der Waals surface area contributed by atoms with E-state index in [1.54, 1.807) is 18.3 Å². The Hall–Kier alpha value is -1.08. The summed E-state index contributed by atoms with van der Waals surface area (Å²) >= 11 is 5.59. The van der Waals surface area contributed by atoms with E-state index in [0.717, 1.165) is 5.56 Å². The first-order valence-electron chi connectivity index (χ1n) is 3.31. The third-order valence-electron chi connectivity index (χ3n) is 1.42. The average Bonchev–Trinajstić information content (AvgIpc) is 2.10. The van der Waals surface area contributed by atoms with E-state index in [2.05, 4.69) is 16.3 Å². The van der Waals surface area contributed by atoms with Gasteiger partial charge in [-0.05, 0) is 6.07 Å². The van der Waals surface area contributed by atoms with Crippen LogP contribution in [0.5, 0.6) is 0 Å². The predicted octanol–water partition coefficient (Wildman–Crippen LogP) is 0.873. The van der Waals surface area contributed by atoms with Crippen molar-refractivity contribution < 1.29 is 0 Å². The fourth-order valence-corrected chi connectivity index (χ4v) is 0.910. The zero-order valence-electron chi connectivity index (χ0n) is 6.29. The van der Waals surface area contributed by atoms with Crippen molar-refractivity contribution in [1.82, 2.24) is 10.4 Å². The summed E-state index contributed by atoms with van der Waals surface area (Å²) in [5, 5.41) is 0.437. The normalized spacial score (nSPS) is 12.1. The summed E-state index contributed by atoms with van der Waals surface area (Å²) in [6.07, 6.45) is 6.79. The molecule has 4 heteroatoms. The number of nitrogens with two attached hydrogens (primary N) is 1. The van der Waals surface area contributed by atoms with E-state index in [0.29, 0.717) is 5.15 Å². The van der Waals surface area contributed by atoms with Gasteiger partial charge in [0, 0.05) is 11.8 Å². The van der Waals surface area contributed by atoms with Gasteiger partial charge in [-0.25, -0.2) is 10.4 Å². The first kappa shape index (κ1) is 9.01. The van der Waals surface area contributed by atoms with Gasteiger partial charge >= 0.3 is 0 Å². The van der Waals surface area contributed by atoms with Crippen molar-refractivity contribution >= 4 is 11.6 Å². The molecule has 3 nitrogen and oxygen atoms in total. The van der Waals surface area contributed by atoms with E-state index < -0.39 is 0 Å². The van der Waals surface area contributed by atoms with Crippen molar-refractivity contribution in [2.24, 2.45) is 5.84 Å². The highest BCUT2D eigenvalue weighted by Crippen LogP contribution is 2.11. The maximum atomic E-state index is 5.59. The van der Waals surface area contributed by atoms with Crippen molar-refractivity contribution in [2.75, 3.05) is 0 Å². The monoisotopic (exact) mass is 181 g/mol. The molecule has 62 valence electrons. The first-order chi connectivity index (χ1) is 5.77. The number of hydrogen-bond acceptors (Lipinski definition) is 3. The molecule has 1 heterocycles. The van der Waals surface area contributed by atoms with Gasteiger partial charge in [0.15, 0.2) is 0 Å². The Morgan fingerprint density at radius 3 is 2.83 bits per heavy atom. The second-order valence-electron chi connectivity index (χ2n) is 2.18. The van der Waals surface area contributed by atoms with E-state index >= 15 is 0 Å². The van der Waals surface area contributed by atoms with Crippen LogP contribution in [0.2, 0.25) is 5.15 Å². The molecule has 0 spiro atoms. The third kappa shape index (κ3) is 1.95. The van der Waals surface area contributed by atoms with Crippen LogP contribution >= 0.6 is 11.6 Å². The zero-order chi connectivity index (χ0) is 8.97. The van der Waals surface area contributed by atoms with Gasteiger partial charge in [0.1, 0.15) is 11.2 Å². The average molecular weight is 182 g/mol. The van der Waals surface area contributed by atoms with Crippen molar-refractivity contribution in [3.8, 4) is 12.3 Å². The maximum absolute atomic E-state index is 5.59. The number of nitrogens with zero attached hydrogens (tertiary/aromatic N) is 1. The largest absolute Gasteiger partial charge is 0.270 e. The van der Waals surface area contributed by atoms with E-state index in [9.17, 15) is 0 Å². The molecule has 0 radical (unpaired) electrons. The molecule has 12 heavy (non-hydrogen) atoms. The second-order valence-corrected chi connectivity index (χ2v) is 2.57. The molecule has 1 unspecified atom stereocenters. The van der Waals surface area contributed by atoms with Gasteiger partial charge in [0.2, 0.25) is 0 Å². The molecule has 0 saturated heterocycles. The molecule has 3 N–H and O–H groups in total. The Morgan fingerprint density at radius 2 is 2.42 bits per heavy atom. The minimum absolute atomic E-state index is 0.310. The summed E-state index contributed by atoms with van der Waals surface area (Å²) in [5.74, 6) is 7.67. The fraction of sp³-hybridized carbons (Fsp3) is 0.125. The van der Waals surface area contributed by atoms with Crippen molar-refractivity contribution in [3.05, 3.63) is 29.0 Å². The number of terminal acetylenes is 1. The molecule has 1 aromatic rings. The van der Waals surface area contributed by atoms with Crippen molar-refractivity contribution in [3.63, 3.8) is 0 Å². The first-order valence-corrected chi connectivity index (χ1v) is 3.69. The Morgan fingerprint density at radius 1 is 1.67 bits per heavy atom. The van der Waals surface area contributed by atoms with Crippen LogP contribution in [-0.4, -0.2) is 4.98 Å². The van der Waals surface area contributed by atoms with E-state index in [4.69, 9.17) is 23.9 Å². The smallest absolute Gasteiger partial charge is 0.129 e. The molecule has 0 saturated carbocycles. The third-order valence-corrected chi connectivity index (χ3v) is 1.64. The lowest BCUT2D eigenvalue weighted by Gasteiger charge is -2.07. The molecule has 0 aliphatic heterocycles. The lowest BCUT2D eigenvalue weighted by molar-refractivity contribution is 0.671. The summed E-state index contributed by atoms with van der Waals surface area (Å²) in [5.41, 5.74) is 3.29. The van der Waals surface area contributed by atoms with Crippen LogP contribution in [0.4, 0.5) is 0 Å². The summed E-state index contributed by atoms with van der Waals surface area (Å²) in [6, 6.07) is 3.13. The summed E-state index contributed by atoms with van der Waals surface area (Å²) in [6.45, 7) is 0. The number of nitrogens with one attached hydrogen (secondary N) is 1. The van der Waals surface area contributed by atoms with Crippen LogP contribution in [0.15, 0.2) is 18.3 Å². The van der Waals surface area contributed by atoms with Crippen molar-refractivity contribution in [2.45, 2.75) is 6.04 Å². The molecule has 0 bridgehead atoms.